The van der Waals surface area contributed by atoms with Crippen LogP contribution in [0.1, 0.15) is 0 Å². The van der Waals surface area contributed by atoms with Gasteiger partial charge in [-0.05, 0) is 11.6 Å². The van der Waals surface area contributed by atoms with Gasteiger partial charge in [0, 0.05) is 0 Å². The van der Waals surface area contributed by atoms with Crippen LogP contribution in [-0.2, 0) is 0 Å². The van der Waals surface area contributed by atoms with Crippen LogP contribution in [0.15, 0.2) is 0 Å². The first kappa shape index (κ1) is 14.4. The van der Waals surface area contributed by atoms with Crippen molar-refractivity contribution in [1.29, 1.82) is 0 Å². The molecule has 0 aliphatic carbocycles. The van der Waals surface area contributed by atoms with E-state index in [0.717, 1.165) is 0 Å². The molecule has 0 aromatic carbocycles. The Balaban J connectivity index is 5.30. The fourth-order valence-electron chi connectivity index (χ4n) is 0.356. The maximum absolute atomic E-state index is 12.5. The fourth-order valence-corrected chi connectivity index (χ4v) is 0.760. The molecule has 10 heteroatoms. The molecule has 0 saturated carbocycles. The van der Waals surface area contributed by atoms with E-state index in [1.807, 2.05) is 0 Å². The number of halogens is 10. The molecule has 0 heterocycles. The molecule has 0 nitrogen and oxygen atoms in total. The lowest BCUT2D eigenvalue weighted by molar-refractivity contribution is -0.244. The summed E-state index contributed by atoms with van der Waals surface area (Å²) in [5.74, 6) is 0. The summed E-state index contributed by atoms with van der Waals surface area (Å²) in [5, 5.41) is -16.1. The van der Waals surface area contributed by atoms with E-state index < -0.39 is 21.8 Å². The number of hydrogen-bond donors (Lipinski definition) is 0. The average molecular weight is 287 g/mol. The third-order valence-corrected chi connectivity index (χ3v) is 2.53. The Morgan fingerprint density at radius 3 is 0.929 bits per heavy atom. The van der Waals surface area contributed by atoms with Crippen molar-refractivity contribution in [3.05, 3.63) is 0 Å². The smallest absolute Gasteiger partial charge is 0.212 e. The van der Waals surface area contributed by atoms with Crippen LogP contribution in [0.3, 0.4) is 0 Å². The van der Waals surface area contributed by atoms with Gasteiger partial charge in [0.1, 0.15) is 0 Å². The van der Waals surface area contributed by atoms with E-state index in [0.29, 0.717) is 0 Å². The van der Waals surface area contributed by atoms with Crippen molar-refractivity contribution in [2.24, 2.45) is 0 Å². The van der Waals surface area contributed by atoms with Gasteiger partial charge in [0.2, 0.25) is 0 Å². The fraction of sp³-hybridized carbons (Fsp3) is 1.00. The van der Waals surface area contributed by atoms with Crippen molar-refractivity contribution < 1.29 is 30.7 Å². The monoisotopic (exact) mass is 286 g/mol. The van der Waals surface area contributed by atoms with Gasteiger partial charge in [-0.15, -0.1) is 0 Å². The van der Waals surface area contributed by atoms with E-state index >= 15 is 0 Å². The van der Waals surface area contributed by atoms with Gasteiger partial charge >= 0.3 is 21.8 Å². The third-order valence-electron chi connectivity index (χ3n) is 1.11. The van der Waals surface area contributed by atoms with E-state index in [-0.39, 0.29) is 0 Å². The Hall–Kier alpha value is 0.380. The van der Waals surface area contributed by atoms with Gasteiger partial charge in [0.15, 0.2) is 0 Å². The molecule has 0 aromatic rings. The van der Waals surface area contributed by atoms with Crippen molar-refractivity contribution in [1.82, 2.24) is 0 Å². The second kappa shape index (κ2) is 3.45. The van der Waals surface area contributed by atoms with Gasteiger partial charge < -0.3 is 0 Å². The summed E-state index contributed by atoms with van der Waals surface area (Å²) in [5.41, 5.74) is 0. The zero-order chi connectivity index (χ0) is 12.0. The summed E-state index contributed by atoms with van der Waals surface area (Å²) in [4.78, 5) is 0. The lowest BCUT2D eigenvalue weighted by atomic mass is 10.2. The van der Waals surface area contributed by atoms with Gasteiger partial charge in [-0.25, -0.2) is 8.78 Å². The van der Waals surface area contributed by atoms with Crippen molar-refractivity contribution >= 4 is 34.8 Å². The quantitative estimate of drug-likeness (QED) is 0.528. The maximum atomic E-state index is 12.5. The molecule has 0 saturated heterocycles. The van der Waals surface area contributed by atoms with E-state index in [1.165, 1.54) is 0 Å². The van der Waals surface area contributed by atoms with Crippen molar-refractivity contribution in [2.45, 2.75) is 21.8 Å². The molecule has 0 N–H and O–H groups in total. The standard InChI is InChI=1S/C4Cl3F7/c5-1(8,3(7,10)11)2(6,9)4(12,13)14. The number of hydrogen-bond acceptors (Lipinski definition) is 0. The Kier molecular flexibility index (Phi) is 3.54. The summed E-state index contributed by atoms with van der Waals surface area (Å²) in [6.07, 6.45) is -6.14. The van der Waals surface area contributed by atoms with E-state index in [9.17, 15) is 30.7 Å². The van der Waals surface area contributed by atoms with E-state index in [1.54, 1.807) is 0 Å². The van der Waals surface area contributed by atoms with Crippen LogP contribution < -0.4 is 0 Å². The summed E-state index contributed by atoms with van der Waals surface area (Å²) < 4.78 is 83.8. The summed E-state index contributed by atoms with van der Waals surface area (Å²) in [6.45, 7) is 0. The van der Waals surface area contributed by atoms with Gasteiger partial charge in [-0.1, -0.05) is 23.2 Å². The molecule has 14 heavy (non-hydrogen) atoms. The highest BCUT2D eigenvalue weighted by Crippen LogP contribution is 2.56. The van der Waals surface area contributed by atoms with Crippen LogP contribution in [0.25, 0.3) is 0 Å². The van der Waals surface area contributed by atoms with Gasteiger partial charge in [-0.2, -0.15) is 22.0 Å². The minimum absolute atomic E-state index is 3.85. The van der Waals surface area contributed by atoms with Crippen LogP contribution in [0.2, 0.25) is 0 Å². The molecule has 0 bridgehead atoms. The molecule has 0 aliphatic rings. The number of alkyl halides is 10. The second-order valence-electron chi connectivity index (χ2n) is 2.14. The van der Waals surface area contributed by atoms with E-state index in [2.05, 4.69) is 34.8 Å². The van der Waals surface area contributed by atoms with Crippen molar-refractivity contribution in [3.63, 3.8) is 0 Å². The highest BCUT2D eigenvalue weighted by molar-refractivity contribution is 6.38. The van der Waals surface area contributed by atoms with Crippen molar-refractivity contribution in [2.75, 3.05) is 0 Å². The van der Waals surface area contributed by atoms with Gasteiger partial charge in [0.25, 0.3) is 0 Å². The molecule has 0 radical (unpaired) electrons. The molecule has 0 aliphatic heterocycles. The Bertz CT molecular complexity index is 190. The van der Waals surface area contributed by atoms with Crippen LogP contribution in [-0.4, -0.2) is 21.8 Å². The van der Waals surface area contributed by atoms with Crippen LogP contribution in [0.4, 0.5) is 30.7 Å². The topological polar surface area (TPSA) is 0 Å². The molecule has 0 spiro atoms. The summed E-state index contributed by atoms with van der Waals surface area (Å²) >= 11 is 11.8. The zero-order valence-corrected chi connectivity index (χ0v) is 8.05. The molecular formula is C4Cl3F7. The molecule has 0 aromatic heterocycles. The molecule has 2 unspecified atom stereocenters. The molecule has 0 amide bonds. The van der Waals surface area contributed by atoms with Crippen LogP contribution in [0, 0.1) is 0 Å². The van der Waals surface area contributed by atoms with Crippen molar-refractivity contribution in [3.8, 4) is 0 Å². The van der Waals surface area contributed by atoms with Gasteiger partial charge in [0.05, 0.1) is 0 Å². The zero-order valence-electron chi connectivity index (χ0n) is 5.78. The number of rotatable bonds is 2. The minimum Gasteiger partial charge on any atom is -0.212 e. The molecule has 0 fully saturated rings. The average Bonchev–Trinajstić information content (AvgIpc) is 1.81. The highest BCUT2D eigenvalue weighted by Gasteiger charge is 2.77. The lowest BCUT2D eigenvalue weighted by Crippen LogP contribution is -2.57. The summed E-state index contributed by atoms with van der Waals surface area (Å²) in [6, 6.07) is 0. The molecule has 86 valence electrons. The first-order valence-corrected chi connectivity index (χ1v) is 3.77. The largest absolute Gasteiger partial charge is 0.441 e. The predicted molar refractivity (Wildman–Crippen MR) is 36.2 cm³/mol. The second-order valence-corrected chi connectivity index (χ2v) is 3.66. The Labute approximate surface area is 87.9 Å². The highest BCUT2D eigenvalue weighted by atomic mass is 35.5. The maximum Gasteiger partial charge on any atom is 0.441 e. The predicted octanol–water partition coefficient (Wildman–Crippen LogP) is 4.19. The lowest BCUT2D eigenvalue weighted by Gasteiger charge is -2.33. The Morgan fingerprint density at radius 2 is 0.857 bits per heavy atom. The van der Waals surface area contributed by atoms with Gasteiger partial charge in [-0.3, -0.25) is 0 Å². The normalized spacial score (nSPS) is 22.7. The first-order chi connectivity index (χ1) is 5.75. The molecule has 2 atom stereocenters. The summed E-state index contributed by atoms with van der Waals surface area (Å²) in [7, 11) is 0. The van der Waals surface area contributed by atoms with Crippen LogP contribution >= 0.6 is 34.8 Å². The molecule has 0 rings (SSSR count). The van der Waals surface area contributed by atoms with E-state index in [4.69, 9.17) is 0 Å². The first-order valence-electron chi connectivity index (χ1n) is 2.64. The molecular weight excluding hydrogens is 287 g/mol. The SMILES string of the molecule is FC(F)(F)C(F)(Cl)C(F)(Cl)C(F)(F)Cl. The Morgan fingerprint density at radius 1 is 0.571 bits per heavy atom. The third kappa shape index (κ3) is 2.14. The minimum atomic E-state index is -6.14. The van der Waals surface area contributed by atoms with Crippen LogP contribution in [0.5, 0.6) is 0 Å².